The van der Waals surface area contributed by atoms with Gasteiger partial charge in [-0.2, -0.15) is 0 Å². The minimum atomic E-state index is -0.0987. The van der Waals surface area contributed by atoms with Gasteiger partial charge in [0, 0.05) is 5.41 Å². The first-order valence-electron chi connectivity index (χ1n) is 8.86. The summed E-state index contributed by atoms with van der Waals surface area (Å²) in [5.74, 6) is 3.01. The second kappa shape index (κ2) is 4.44. The van der Waals surface area contributed by atoms with Crippen molar-refractivity contribution in [3.63, 3.8) is 0 Å². The molecule has 0 spiro atoms. The molecule has 0 saturated heterocycles. The van der Waals surface area contributed by atoms with Crippen LogP contribution in [0.5, 0.6) is 0 Å². The molecular weight excluding hydrogens is 260 g/mol. The van der Waals surface area contributed by atoms with Crippen LogP contribution in [0.2, 0.25) is 0 Å². The van der Waals surface area contributed by atoms with Crippen molar-refractivity contribution in [2.75, 3.05) is 0 Å². The van der Waals surface area contributed by atoms with E-state index in [1.54, 1.807) is 0 Å². The molecule has 0 heterocycles. The Morgan fingerprint density at radius 1 is 1.14 bits per heavy atom. The van der Waals surface area contributed by atoms with E-state index in [0.29, 0.717) is 29.0 Å². The molecule has 0 aromatic carbocycles. The highest BCUT2D eigenvalue weighted by Crippen LogP contribution is 2.64. The number of ketones is 1. The highest BCUT2D eigenvalue weighted by molar-refractivity contribution is 5.97. The van der Waals surface area contributed by atoms with E-state index >= 15 is 0 Å². The van der Waals surface area contributed by atoms with E-state index in [-0.39, 0.29) is 11.5 Å². The van der Waals surface area contributed by atoms with E-state index < -0.39 is 0 Å². The van der Waals surface area contributed by atoms with Gasteiger partial charge in [-0.25, -0.2) is 0 Å². The third-order valence-corrected chi connectivity index (χ3v) is 7.91. The Hall–Kier alpha value is -0.630. The summed E-state index contributed by atoms with van der Waals surface area (Å²) in [6, 6.07) is 0. The molecule has 116 valence electrons. The molecule has 0 aliphatic heterocycles. The number of carbonyl (C=O) groups is 1. The van der Waals surface area contributed by atoms with Crippen LogP contribution in [-0.4, -0.2) is 17.0 Å². The van der Waals surface area contributed by atoms with Crippen molar-refractivity contribution < 1.29 is 9.90 Å². The van der Waals surface area contributed by atoms with Gasteiger partial charge in [0.1, 0.15) is 0 Å². The van der Waals surface area contributed by atoms with Crippen molar-refractivity contribution in [3.05, 3.63) is 12.2 Å². The Morgan fingerprint density at radius 2 is 1.95 bits per heavy atom. The molecule has 0 bridgehead atoms. The Labute approximate surface area is 128 Å². The fourth-order valence-electron chi connectivity index (χ4n) is 6.51. The molecule has 2 nitrogen and oxygen atoms in total. The van der Waals surface area contributed by atoms with Crippen molar-refractivity contribution in [3.8, 4) is 0 Å². The van der Waals surface area contributed by atoms with Gasteiger partial charge in [-0.05, 0) is 80.1 Å². The number of hydrogen-bond acceptors (Lipinski definition) is 2. The van der Waals surface area contributed by atoms with Gasteiger partial charge in [-0.3, -0.25) is 4.79 Å². The van der Waals surface area contributed by atoms with Crippen LogP contribution in [0.3, 0.4) is 0 Å². The average molecular weight is 288 g/mol. The molecule has 7 atom stereocenters. The van der Waals surface area contributed by atoms with E-state index in [1.165, 1.54) is 25.7 Å². The minimum Gasteiger partial charge on any atom is -0.393 e. The Bertz CT molecular complexity index is 496. The van der Waals surface area contributed by atoms with Gasteiger partial charge in [0.25, 0.3) is 0 Å². The van der Waals surface area contributed by atoms with Gasteiger partial charge in [0.05, 0.1) is 6.10 Å². The third kappa shape index (κ3) is 1.78. The van der Waals surface area contributed by atoms with Crippen LogP contribution >= 0.6 is 0 Å². The summed E-state index contributed by atoms with van der Waals surface area (Å²) in [6.07, 6.45) is 12.0. The number of aliphatic hydroxyl groups is 1. The quantitative estimate of drug-likeness (QED) is 0.737. The number of aliphatic hydroxyl groups excluding tert-OH is 1. The predicted octanol–water partition coefficient (Wildman–Crippen LogP) is 3.74. The maximum Gasteiger partial charge on any atom is 0.161 e. The van der Waals surface area contributed by atoms with Gasteiger partial charge in [-0.15, -0.1) is 0 Å². The fraction of sp³-hybridized carbons (Fsp3) is 0.842. The van der Waals surface area contributed by atoms with Crippen LogP contribution in [0.25, 0.3) is 0 Å². The molecule has 0 aromatic heterocycles. The zero-order valence-corrected chi connectivity index (χ0v) is 13.3. The Morgan fingerprint density at radius 3 is 2.76 bits per heavy atom. The first-order chi connectivity index (χ1) is 9.95. The average Bonchev–Trinajstić information content (AvgIpc) is 2.76. The predicted molar refractivity (Wildman–Crippen MR) is 82.6 cm³/mol. The van der Waals surface area contributed by atoms with E-state index in [9.17, 15) is 9.90 Å². The number of allylic oxidation sites excluding steroid dienone is 2. The van der Waals surface area contributed by atoms with Gasteiger partial charge in [0.15, 0.2) is 5.78 Å². The monoisotopic (exact) mass is 288 g/mol. The summed E-state index contributed by atoms with van der Waals surface area (Å²) in [5.41, 5.74) is 0.307. The molecule has 1 N–H and O–H groups in total. The number of carbonyl (C=O) groups excluding carboxylic acids is 1. The molecular formula is C19H28O2. The summed E-state index contributed by atoms with van der Waals surface area (Å²) < 4.78 is 0. The van der Waals surface area contributed by atoms with Crippen LogP contribution in [0.4, 0.5) is 0 Å². The topological polar surface area (TPSA) is 37.3 Å². The van der Waals surface area contributed by atoms with Gasteiger partial charge in [0.2, 0.25) is 0 Å². The van der Waals surface area contributed by atoms with Gasteiger partial charge in [-0.1, -0.05) is 19.9 Å². The smallest absolute Gasteiger partial charge is 0.161 e. The summed E-state index contributed by atoms with van der Waals surface area (Å²) in [4.78, 5) is 12.3. The number of fused-ring (bicyclic) bond motifs is 5. The molecule has 2 heteroatoms. The van der Waals surface area contributed by atoms with Crippen molar-refractivity contribution >= 4 is 5.78 Å². The zero-order chi connectivity index (χ0) is 14.8. The lowest BCUT2D eigenvalue weighted by Crippen LogP contribution is -2.54. The zero-order valence-electron chi connectivity index (χ0n) is 13.3. The first-order valence-corrected chi connectivity index (χ1v) is 8.86. The normalized spacial score (nSPS) is 55.8. The summed E-state index contributed by atoms with van der Waals surface area (Å²) in [7, 11) is 0. The standard InChI is InChI=1S/C19H28O2/c1-18-9-7-13(20)11-12(18)3-4-14-15-5-6-17(21)19(15,2)10-8-16(14)18/h5-6,12-16,20H,3-4,7-11H2,1-2H3/t12?,13-,14+,15-,16+,18+,19+/m1/s1. The second-order valence-electron chi connectivity index (χ2n) is 8.68. The SMILES string of the molecule is C[C@]12CC[C@@H](O)CC1CC[C@H]1[C@H]3C=CC(=O)[C@@]3(C)CC[C@@H]12. The molecule has 3 saturated carbocycles. The van der Waals surface area contributed by atoms with E-state index in [4.69, 9.17) is 0 Å². The maximum absolute atomic E-state index is 12.3. The molecule has 0 radical (unpaired) electrons. The van der Waals surface area contributed by atoms with Crippen molar-refractivity contribution in [2.24, 2.45) is 34.5 Å². The van der Waals surface area contributed by atoms with Crippen LogP contribution < -0.4 is 0 Å². The van der Waals surface area contributed by atoms with Crippen LogP contribution in [-0.2, 0) is 4.79 Å². The number of hydrogen-bond donors (Lipinski definition) is 1. The van der Waals surface area contributed by atoms with Crippen LogP contribution in [0, 0.1) is 34.5 Å². The molecule has 21 heavy (non-hydrogen) atoms. The lowest BCUT2D eigenvalue weighted by molar-refractivity contribution is -0.139. The summed E-state index contributed by atoms with van der Waals surface area (Å²) in [5, 5.41) is 10.0. The first kappa shape index (κ1) is 14.0. The van der Waals surface area contributed by atoms with E-state index in [2.05, 4.69) is 19.9 Å². The molecule has 4 aliphatic rings. The molecule has 0 aromatic rings. The van der Waals surface area contributed by atoms with Gasteiger partial charge >= 0.3 is 0 Å². The lowest BCUT2D eigenvalue weighted by Gasteiger charge is -2.59. The molecule has 3 fully saturated rings. The van der Waals surface area contributed by atoms with E-state index in [1.807, 2.05) is 6.08 Å². The van der Waals surface area contributed by atoms with Gasteiger partial charge < -0.3 is 5.11 Å². The molecule has 4 rings (SSSR count). The lowest BCUT2D eigenvalue weighted by atomic mass is 9.45. The van der Waals surface area contributed by atoms with Crippen LogP contribution in [0.1, 0.15) is 58.8 Å². The van der Waals surface area contributed by atoms with Crippen molar-refractivity contribution in [1.29, 1.82) is 0 Å². The van der Waals surface area contributed by atoms with Crippen molar-refractivity contribution in [1.82, 2.24) is 0 Å². The molecule has 4 aliphatic carbocycles. The van der Waals surface area contributed by atoms with E-state index in [0.717, 1.165) is 25.2 Å². The fourth-order valence-corrected chi connectivity index (χ4v) is 6.51. The minimum absolute atomic E-state index is 0.0681. The molecule has 1 unspecified atom stereocenters. The maximum atomic E-state index is 12.3. The number of rotatable bonds is 0. The largest absolute Gasteiger partial charge is 0.393 e. The Balaban J connectivity index is 1.65. The van der Waals surface area contributed by atoms with Crippen molar-refractivity contribution in [2.45, 2.75) is 64.9 Å². The second-order valence-corrected chi connectivity index (χ2v) is 8.68. The highest BCUT2D eigenvalue weighted by atomic mass is 16.3. The summed E-state index contributed by atoms with van der Waals surface area (Å²) in [6.45, 7) is 4.69. The third-order valence-electron chi connectivity index (χ3n) is 7.91. The van der Waals surface area contributed by atoms with Crippen LogP contribution in [0.15, 0.2) is 12.2 Å². The summed E-state index contributed by atoms with van der Waals surface area (Å²) >= 11 is 0. The highest BCUT2D eigenvalue weighted by Gasteiger charge is 2.58. The Kier molecular flexibility index (Phi) is 2.96. The molecule has 0 amide bonds.